The first-order valence-electron chi connectivity index (χ1n) is 5.93. The smallest absolute Gasteiger partial charge is 0.109 e. The Hall–Kier alpha value is -0.760. The van der Waals surface area contributed by atoms with Crippen LogP contribution in [0.2, 0.25) is 0 Å². The maximum atomic E-state index is 5.87. The SMILES string of the molecule is CC(C)c1cc2c(o1)CCN(C(C)C)C2. The minimum atomic E-state index is 0.503. The van der Waals surface area contributed by atoms with E-state index >= 15 is 0 Å². The van der Waals surface area contributed by atoms with Gasteiger partial charge in [0.1, 0.15) is 11.5 Å². The van der Waals surface area contributed by atoms with Gasteiger partial charge in [-0.1, -0.05) is 13.8 Å². The summed E-state index contributed by atoms with van der Waals surface area (Å²) < 4.78 is 5.87. The molecule has 0 aromatic carbocycles. The molecule has 0 saturated carbocycles. The van der Waals surface area contributed by atoms with Crippen molar-refractivity contribution in [2.24, 2.45) is 0 Å². The van der Waals surface area contributed by atoms with E-state index in [1.54, 1.807) is 0 Å². The summed E-state index contributed by atoms with van der Waals surface area (Å²) in [6.45, 7) is 11.1. The summed E-state index contributed by atoms with van der Waals surface area (Å²) in [4.78, 5) is 2.50. The number of nitrogens with zero attached hydrogens (tertiary/aromatic N) is 1. The lowest BCUT2D eigenvalue weighted by atomic mass is 10.1. The van der Waals surface area contributed by atoms with E-state index in [1.165, 1.54) is 11.3 Å². The van der Waals surface area contributed by atoms with Crippen LogP contribution in [0.1, 0.15) is 50.7 Å². The Morgan fingerprint density at radius 1 is 1.27 bits per heavy atom. The highest BCUT2D eigenvalue weighted by Crippen LogP contribution is 2.27. The standard InChI is InChI=1S/C13H21NO/c1-9(2)13-7-11-8-14(10(3)4)6-5-12(11)15-13/h7,9-10H,5-6,8H2,1-4H3. The molecule has 0 fully saturated rings. The van der Waals surface area contributed by atoms with E-state index in [0.29, 0.717) is 12.0 Å². The van der Waals surface area contributed by atoms with Crippen LogP contribution in [0, 0.1) is 0 Å². The summed E-state index contributed by atoms with van der Waals surface area (Å²) in [6, 6.07) is 2.88. The molecule has 0 amide bonds. The molecule has 0 unspecified atom stereocenters. The molecule has 2 nitrogen and oxygen atoms in total. The van der Waals surface area contributed by atoms with Crippen LogP contribution in [0.5, 0.6) is 0 Å². The maximum Gasteiger partial charge on any atom is 0.109 e. The predicted molar refractivity (Wildman–Crippen MR) is 62.0 cm³/mol. The molecule has 1 aliphatic heterocycles. The van der Waals surface area contributed by atoms with E-state index in [-0.39, 0.29) is 0 Å². The van der Waals surface area contributed by atoms with Gasteiger partial charge in [-0.3, -0.25) is 4.90 Å². The Kier molecular flexibility index (Phi) is 2.87. The predicted octanol–water partition coefficient (Wildman–Crippen LogP) is 3.17. The molecule has 1 aromatic heterocycles. The third-order valence-corrected chi connectivity index (χ3v) is 3.21. The van der Waals surface area contributed by atoms with E-state index in [4.69, 9.17) is 4.42 Å². The van der Waals surface area contributed by atoms with Crippen molar-refractivity contribution >= 4 is 0 Å². The van der Waals surface area contributed by atoms with Crippen LogP contribution >= 0.6 is 0 Å². The van der Waals surface area contributed by atoms with Crippen molar-refractivity contribution in [1.29, 1.82) is 0 Å². The van der Waals surface area contributed by atoms with Gasteiger partial charge < -0.3 is 4.42 Å². The minimum absolute atomic E-state index is 0.503. The molecule has 0 bridgehead atoms. The number of furan rings is 1. The first-order valence-corrected chi connectivity index (χ1v) is 5.93. The second-order valence-corrected chi connectivity index (χ2v) is 5.07. The minimum Gasteiger partial charge on any atom is -0.465 e. The lowest BCUT2D eigenvalue weighted by Crippen LogP contribution is -2.35. The second kappa shape index (κ2) is 4.01. The number of fused-ring (bicyclic) bond motifs is 1. The van der Waals surface area contributed by atoms with Crippen molar-refractivity contribution in [3.8, 4) is 0 Å². The summed E-state index contributed by atoms with van der Waals surface area (Å²) in [5.74, 6) is 2.87. The quantitative estimate of drug-likeness (QED) is 0.740. The highest BCUT2D eigenvalue weighted by Gasteiger charge is 2.22. The van der Waals surface area contributed by atoms with Crippen LogP contribution in [-0.2, 0) is 13.0 Å². The largest absolute Gasteiger partial charge is 0.465 e. The van der Waals surface area contributed by atoms with Gasteiger partial charge in [-0.05, 0) is 19.9 Å². The summed E-state index contributed by atoms with van der Waals surface area (Å²) in [7, 11) is 0. The first-order chi connectivity index (χ1) is 7.08. The Labute approximate surface area is 92.3 Å². The van der Waals surface area contributed by atoms with Gasteiger partial charge in [0.2, 0.25) is 0 Å². The summed E-state index contributed by atoms with van der Waals surface area (Å²) in [6.07, 6.45) is 1.07. The first kappa shape index (κ1) is 10.7. The molecule has 0 aliphatic carbocycles. The zero-order valence-electron chi connectivity index (χ0n) is 10.2. The van der Waals surface area contributed by atoms with Gasteiger partial charge in [0.05, 0.1) is 0 Å². The zero-order valence-corrected chi connectivity index (χ0v) is 10.2. The third-order valence-electron chi connectivity index (χ3n) is 3.21. The van der Waals surface area contributed by atoms with E-state index in [9.17, 15) is 0 Å². The van der Waals surface area contributed by atoms with Crippen molar-refractivity contribution < 1.29 is 4.42 Å². The van der Waals surface area contributed by atoms with Crippen LogP contribution < -0.4 is 0 Å². The zero-order chi connectivity index (χ0) is 11.0. The van der Waals surface area contributed by atoms with Gasteiger partial charge in [0.25, 0.3) is 0 Å². The van der Waals surface area contributed by atoms with Crippen LogP contribution in [-0.4, -0.2) is 17.5 Å². The van der Waals surface area contributed by atoms with Gasteiger partial charge in [-0.25, -0.2) is 0 Å². The highest BCUT2D eigenvalue weighted by molar-refractivity contribution is 5.25. The van der Waals surface area contributed by atoms with Crippen LogP contribution in [0.4, 0.5) is 0 Å². The molecular weight excluding hydrogens is 186 g/mol. The average Bonchev–Trinajstić information content (AvgIpc) is 2.59. The molecular formula is C13H21NO. The molecule has 0 saturated heterocycles. The van der Waals surface area contributed by atoms with E-state index in [1.807, 2.05) is 0 Å². The fraction of sp³-hybridized carbons (Fsp3) is 0.692. The molecule has 2 rings (SSSR count). The van der Waals surface area contributed by atoms with Crippen LogP contribution in [0.25, 0.3) is 0 Å². The average molecular weight is 207 g/mol. The van der Waals surface area contributed by atoms with Gasteiger partial charge in [0.15, 0.2) is 0 Å². The van der Waals surface area contributed by atoms with Crippen molar-refractivity contribution in [3.05, 3.63) is 23.2 Å². The van der Waals surface area contributed by atoms with Crippen LogP contribution in [0.15, 0.2) is 10.5 Å². The molecule has 0 spiro atoms. The second-order valence-electron chi connectivity index (χ2n) is 5.07. The fourth-order valence-electron chi connectivity index (χ4n) is 2.10. The summed E-state index contributed by atoms with van der Waals surface area (Å²) in [5.41, 5.74) is 1.40. The molecule has 2 heterocycles. The van der Waals surface area contributed by atoms with Crippen molar-refractivity contribution in [3.63, 3.8) is 0 Å². The lowest BCUT2D eigenvalue weighted by Gasteiger charge is -2.29. The monoisotopic (exact) mass is 207 g/mol. The molecule has 2 heteroatoms. The Morgan fingerprint density at radius 3 is 2.60 bits per heavy atom. The van der Waals surface area contributed by atoms with E-state index < -0.39 is 0 Å². The van der Waals surface area contributed by atoms with Crippen molar-refractivity contribution in [2.75, 3.05) is 6.54 Å². The Balaban J connectivity index is 2.19. The van der Waals surface area contributed by atoms with Gasteiger partial charge in [-0.2, -0.15) is 0 Å². The maximum absolute atomic E-state index is 5.87. The molecule has 84 valence electrons. The molecule has 0 radical (unpaired) electrons. The molecule has 0 N–H and O–H groups in total. The normalized spacial score (nSPS) is 17.5. The molecule has 15 heavy (non-hydrogen) atoms. The van der Waals surface area contributed by atoms with Gasteiger partial charge in [0, 0.05) is 37.0 Å². The van der Waals surface area contributed by atoms with Crippen LogP contribution in [0.3, 0.4) is 0 Å². The fourth-order valence-corrected chi connectivity index (χ4v) is 2.10. The van der Waals surface area contributed by atoms with Gasteiger partial charge in [-0.15, -0.1) is 0 Å². The number of hydrogen-bond donors (Lipinski definition) is 0. The van der Waals surface area contributed by atoms with Gasteiger partial charge >= 0.3 is 0 Å². The lowest BCUT2D eigenvalue weighted by molar-refractivity contribution is 0.194. The number of rotatable bonds is 2. The topological polar surface area (TPSA) is 16.4 Å². The Bertz CT molecular complexity index is 338. The third kappa shape index (κ3) is 2.10. The highest BCUT2D eigenvalue weighted by atomic mass is 16.3. The summed E-state index contributed by atoms with van der Waals surface area (Å²) >= 11 is 0. The summed E-state index contributed by atoms with van der Waals surface area (Å²) in [5, 5.41) is 0. The van der Waals surface area contributed by atoms with E-state index in [0.717, 1.165) is 25.3 Å². The number of hydrogen-bond acceptors (Lipinski definition) is 2. The van der Waals surface area contributed by atoms with E-state index in [2.05, 4.69) is 38.7 Å². The molecule has 0 atom stereocenters. The molecule has 1 aromatic rings. The Morgan fingerprint density at radius 2 is 2.00 bits per heavy atom. The molecule has 1 aliphatic rings. The van der Waals surface area contributed by atoms with Crippen molar-refractivity contribution in [1.82, 2.24) is 4.90 Å². The van der Waals surface area contributed by atoms with Crippen molar-refractivity contribution in [2.45, 2.75) is 52.6 Å².